The van der Waals surface area contributed by atoms with Crippen LogP contribution in [0.15, 0.2) is 18.3 Å². The lowest BCUT2D eigenvalue weighted by atomic mass is 10.0. The van der Waals surface area contributed by atoms with Crippen LogP contribution in [0, 0.1) is 6.92 Å². The molecular weight excluding hydrogens is 188 g/mol. The number of likely N-dealkylation sites (tertiary alicyclic amines) is 1. The highest BCUT2D eigenvalue weighted by molar-refractivity contribution is 5.19. The summed E-state index contributed by atoms with van der Waals surface area (Å²) in [5.41, 5.74) is 1.03. The molecule has 0 N–H and O–H groups in total. The summed E-state index contributed by atoms with van der Waals surface area (Å²) in [6.45, 7) is 7.31. The maximum atomic E-state index is 5.69. The molecule has 1 aromatic heterocycles. The minimum atomic E-state index is 0.608. The normalized spacial score (nSPS) is 21.1. The Kier molecular flexibility index (Phi) is 3.21. The van der Waals surface area contributed by atoms with Crippen LogP contribution in [0.5, 0.6) is 5.75 Å². The van der Waals surface area contributed by atoms with Gasteiger partial charge in [-0.25, -0.2) is 0 Å². The van der Waals surface area contributed by atoms with Crippen LogP contribution in [-0.2, 0) is 0 Å². The first kappa shape index (κ1) is 10.4. The van der Waals surface area contributed by atoms with Crippen molar-refractivity contribution in [3.8, 4) is 5.75 Å². The van der Waals surface area contributed by atoms with Crippen LogP contribution < -0.4 is 4.74 Å². The van der Waals surface area contributed by atoms with Crippen molar-refractivity contribution < 1.29 is 4.74 Å². The Morgan fingerprint density at radius 2 is 2.40 bits per heavy atom. The molecule has 15 heavy (non-hydrogen) atoms. The maximum Gasteiger partial charge on any atom is 0.137 e. The molecule has 0 bridgehead atoms. The van der Waals surface area contributed by atoms with E-state index in [9.17, 15) is 0 Å². The number of hydrogen-bond donors (Lipinski definition) is 0. The Balaban J connectivity index is 1.80. The summed E-state index contributed by atoms with van der Waals surface area (Å²) in [7, 11) is 0. The second-order valence-corrected chi connectivity index (χ2v) is 4.02. The first-order chi connectivity index (χ1) is 7.29. The molecule has 1 aromatic rings. The van der Waals surface area contributed by atoms with E-state index in [4.69, 9.17) is 4.74 Å². The first-order valence-electron chi connectivity index (χ1n) is 5.59. The fourth-order valence-corrected chi connectivity index (χ4v) is 1.83. The van der Waals surface area contributed by atoms with Crippen LogP contribution in [0.25, 0.3) is 0 Å². The summed E-state index contributed by atoms with van der Waals surface area (Å²) in [5.74, 6) is 0.878. The lowest BCUT2D eigenvalue weighted by molar-refractivity contribution is 0.0560. The molecule has 1 aliphatic heterocycles. The van der Waals surface area contributed by atoms with Gasteiger partial charge in [0, 0.05) is 18.3 Å². The summed E-state index contributed by atoms with van der Waals surface area (Å²) in [4.78, 5) is 6.63. The van der Waals surface area contributed by atoms with E-state index >= 15 is 0 Å². The molecule has 1 atom stereocenters. The zero-order valence-electron chi connectivity index (χ0n) is 9.44. The highest BCUT2D eigenvalue weighted by Gasteiger charge is 2.26. The van der Waals surface area contributed by atoms with E-state index in [0.29, 0.717) is 6.04 Å². The van der Waals surface area contributed by atoms with Gasteiger partial charge in [0.1, 0.15) is 12.4 Å². The zero-order valence-corrected chi connectivity index (χ0v) is 9.44. The van der Waals surface area contributed by atoms with E-state index in [1.807, 2.05) is 19.1 Å². The van der Waals surface area contributed by atoms with Crippen LogP contribution in [0.4, 0.5) is 0 Å². The SMILES string of the molecule is CCN1CCC1COc1ccc(C)nc1. The third-order valence-corrected chi connectivity index (χ3v) is 3.00. The average Bonchev–Trinajstić information content (AvgIpc) is 2.20. The molecule has 3 heteroatoms. The topological polar surface area (TPSA) is 25.4 Å². The van der Waals surface area contributed by atoms with E-state index in [2.05, 4.69) is 16.8 Å². The molecule has 0 amide bonds. The predicted molar refractivity (Wildman–Crippen MR) is 60.1 cm³/mol. The highest BCUT2D eigenvalue weighted by Crippen LogP contribution is 2.18. The van der Waals surface area contributed by atoms with Gasteiger partial charge in [-0.3, -0.25) is 9.88 Å². The van der Waals surface area contributed by atoms with Crippen molar-refractivity contribution >= 4 is 0 Å². The van der Waals surface area contributed by atoms with Crippen molar-refractivity contribution in [3.05, 3.63) is 24.0 Å². The van der Waals surface area contributed by atoms with E-state index in [0.717, 1.165) is 24.6 Å². The van der Waals surface area contributed by atoms with E-state index in [1.54, 1.807) is 6.20 Å². The van der Waals surface area contributed by atoms with E-state index in [-0.39, 0.29) is 0 Å². The minimum Gasteiger partial charge on any atom is -0.490 e. The van der Waals surface area contributed by atoms with Crippen molar-refractivity contribution in [2.75, 3.05) is 19.7 Å². The number of likely N-dealkylation sites (N-methyl/N-ethyl adjacent to an activating group) is 1. The second-order valence-electron chi connectivity index (χ2n) is 4.02. The van der Waals surface area contributed by atoms with Crippen molar-refractivity contribution in [2.45, 2.75) is 26.3 Å². The lowest BCUT2D eigenvalue weighted by Gasteiger charge is -2.39. The van der Waals surface area contributed by atoms with Crippen molar-refractivity contribution in [1.82, 2.24) is 9.88 Å². The molecule has 0 radical (unpaired) electrons. The summed E-state index contributed by atoms with van der Waals surface area (Å²) in [6, 6.07) is 4.57. The molecule has 3 nitrogen and oxygen atoms in total. The molecule has 0 saturated carbocycles. The third kappa shape index (κ3) is 2.48. The largest absolute Gasteiger partial charge is 0.490 e. The van der Waals surface area contributed by atoms with Gasteiger partial charge < -0.3 is 4.74 Å². The molecule has 2 heterocycles. The van der Waals surface area contributed by atoms with Crippen LogP contribution in [0.1, 0.15) is 19.0 Å². The van der Waals surface area contributed by atoms with Gasteiger partial charge in [-0.05, 0) is 32.0 Å². The molecule has 0 spiro atoms. The average molecular weight is 206 g/mol. The van der Waals surface area contributed by atoms with Crippen LogP contribution in [0.2, 0.25) is 0 Å². The molecule has 1 saturated heterocycles. The predicted octanol–water partition coefficient (Wildman–Crippen LogP) is 1.86. The summed E-state index contributed by atoms with van der Waals surface area (Å²) in [5, 5.41) is 0. The van der Waals surface area contributed by atoms with Crippen LogP contribution in [-0.4, -0.2) is 35.6 Å². The van der Waals surface area contributed by atoms with E-state index < -0.39 is 0 Å². The smallest absolute Gasteiger partial charge is 0.137 e. The molecule has 1 aliphatic rings. The third-order valence-electron chi connectivity index (χ3n) is 3.00. The number of ether oxygens (including phenoxy) is 1. The molecule has 0 aromatic carbocycles. The summed E-state index contributed by atoms with van der Waals surface area (Å²) in [6.07, 6.45) is 3.05. The van der Waals surface area contributed by atoms with E-state index in [1.165, 1.54) is 13.0 Å². The molecular formula is C12H18N2O. The van der Waals surface area contributed by atoms with Gasteiger partial charge in [-0.1, -0.05) is 6.92 Å². The quantitative estimate of drug-likeness (QED) is 0.752. The Bertz CT molecular complexity index is 308. The monoisotopic (exact) mass is 206 g/mol. The van der Waals surface area contributed by atoms with Gasteiger partial charge in [-0.15, -0.1) is 0 Å². The summed E-state index contributed by atoms with van der Waals surface area (Å²) >= 11 is 0. The van der Waals surface area contributed by atoms with Gasteiger partial charge in [-0.2, -0.15) is 0 Å². The first-order valence-corrected chi connectivity index (χ1v) is 5.59. The minimum absolute atomic E-state index is 0.608. The van der Waals surface area contributed by atoms with Crippen LogP contribution in [0.3, 0.4) is 0 Å². The standard InChI is InChI=1S/C12H18N2O/c1-3-14-7-6-11(14)9-15-12-5-4-10(2)13-8-12/h4-5,8,11H,3,6-7,9H2,1-2H3. The number of pyridine rings is 1. The van der Waals surface area contributed by atoms with Gasteiger partial charge in [0.05, 0.1) is 6.20 Å². The molecule has 82 valence electrons. The van der Waals surface area contributed by atoms with Crippen molar-refractivity contribution in [1.29, 1.82) is 0 Å². The van der Waals surface area contributed by atoms with Gasteiger partial charge in [0.25, 0.3) is 0 Å². The van der Waals surface area contributed by atoms with Gasteiger partial charge in [0.2, 0.25) is 0 Å². The van der Waals surface area contributed by atoms with Crippen LogP contribution >= 0.6 is 0 Å². The Labute approximate surface area is 91.1 Å². The van der Waals surface area contributed by atoms with Crippen molar-refractivity contribution in [3.63, 3.8) is 0 Å². The Morgan fingerprint density at radius 1 is 1.53 bits per heavy atom. The number of aromatic nitrogens is 1. The zero-order chi connectivity index (χ0) is 10.7. The van der Waals surface area contributed by atoms with Gasteiger partial charge >= 0.3 is 0 Å². The number of hydrogen-bond acceptors (Lipinski definition) is 3. The van der Waals surface area contributed by atoms with Crippen molar-refractivity contribution in [2.24, 2.45) is 0 Å². The second kappa shape index (κ2) is 4.62. The summed E-state index contributed by atoms with van der Waals surface area (Å²) < 4.78 is 5.69. The molecule has 1 fully saturated rings. The maximum absolute atomic E-state index is 5.69. The fraction of sp³-hybridized carbons (Fsp3) is 0.583. The lowest BCUT2D eigenvalue weighted by Crippen LogP contribution is -2.50. The molecule has 0 aliphatic carbocycles. The molecule has 1 unspecified atom stereocenters. The molecule has 2 rings (SSSR count). The number of aryl methyl sites for hydroxylation is 1. The number of nitrogens with zero attached hydrogens (tertiary/aromatic N) is 2. The Morgan fingerprint density at radius 3 is 2.93 bits per heavy atom. The fourth-order valence-electron chi connectivity index (χ4n) is 1.83. The van der Waals surface area contributed by atoms with Gasteiger partial charge in [0.15, 0.2) is 0 Å². The Hall–Kier alpha value is -1.09. The highest BCUT2D eigenvalue weighted by atomic mass is 16.5. The number of rotatable bonds is 4.